The van der Waals surface area contributed by atoms with Crippen molar-refractivity contribution in [3.63, 3.8) is 0 Å². The first-order valence-electron chi connectivity index (χ1n) is 9.05. The summed E-state index contributed by atoms with van der Waals surface area (Å²) in [5, 5.41) is 7.89. The van der Waals surface area contributed by atoms with Crippen molar-refractivity contribution in [1.82, 2.24) is 5.01 Å². The number of carbonyl (C=O) groups is 1. The molecule has 7 nitrogen and oxygen atoms in total. The second-order valence-electron chi connectivity index (χ2n) is 6.78. The number of hydrogen-bond donors (Lipinski definition) is 2. The maximum absolute atomic E-state index is 11.8. The Morgan fingerprint density at radius 3 is 2.57 bits per heavy atom. The van der Waals surface area contributed by atoms with Crippen molar-refractivity contribution in [1.29, 1.82) is 0 Å². The lowest BCUT2D eigenvalue weighted by Gasteiger charge is -2.16. The second-order valence-corrected chi connectivity index (χ2v) is 6.78. The summed E-state index contributed by atoms with van der Waals surface area (Å²) in [6.07, 6.45) is 0. The highest BCUT2D eigenvalue weighted by atomic mass is 16.6. The lowest BCUT2D eigenvalue weighted by molar-refractivity contribution is 0.212. The average molecular weight is 384 g/mol. The number of nitrogens with zero attached hydrogens (tertiary/aromatic N) is 2. The minimum absolute atomic E-state index is 0.238. The first kappa shape index (κ1) is 21.2. The number of urea groups is 1. The molecular weight excluding hydrogens is 356 g/mol. The van der Waals surface area contributed by atoms with Crippen LogP contribution in [0.3, 0.4) is 0 Å². The van der Waals surface area contributed by atoms with Crippen LogP contribution in [0.2, 0.25) is 0 Å². The molecule has 0 saturated heterocycles. The molecule has 0 aliphatic heterocycles. The molecule has 150 valence electrons. The van der Waals surface area contributed by atoms with E-state index in [1.54, 1.807) is 7.11 Å². The van der Waals surface area contributed by atoms with E-state index in [0.717, 1.165) is 33.2 Å². The molecule has 0 aliphatic carbocycles. The number of ether oxygens (including phenoxy) is 1. The van der Waals surface area contributed by atoms with Gasteiger partial charge < -0.3 is 14.9 Å². The lowest BCUT2D eigenvalue weighted by Crippen LogP contribution is -2.37. The largest absolute Gasteiger partial charge is 0.489 e. The summed E-state index contributed by atoms with van der Waals surface area (Å²) in [5.74, 6) is 6.47. The molecule has 0 spiro atoms. The highest BCUT2D eigenvalue weighted by Gasteiger charge is 2.13. The Bertz CT molecular complexity index is 847. The van der Waals surface area contributed by atoms with E-state index in [1.807, 2.05) is 49.4 Å². The van der Waals surface area contributed by atoms with Crippen LogP contribution in [0.4, 0.5) is 10.5 Å². The molecule has 0 aromatic heterocycles. The van der Waals surface area contributed by atoms with Crippen molar-refractivity contribution in [2.24, 2.45) is 16.9 Å². The summed E-state index contributed by atoms with van der Waals surface area (Å²) in [7, 11) is 3.03. The van der Waals surface area contributed by atoms with E-state index >= 15 is 0 Å². The zero-order valence-corrected chi connectivity index (χ0v) is 17.0. The fraction of sp³-hybridized carbons (Fsp3) is 0.333. The third kappa shape index (κ3) is 5.47. The molecule has 0 heterocycles. The fourth-order valence-corrected chi connectivity index (χ4v) is 2.69. The van der Waals surface area contributed by atoms with Crippen molar-refractivity contribution < 1.29 is 14.4 Å². The molecule has 0 saturated carbocycles. The van der Waals surface area contributed by atoms with E-state index < -0.39 is 6.03 Å². The number of hydrogen-bond acceptors (Lipinski definition) is 5. The van der Waals surface area contributed by atoms with E-state index in [2.05, 4.69) is 24.3 Å². The molecule has 2 aromatic carbocycles. The third-order valence-electron chi connectivity index (χ3n) is 4.17. The lowest BCUT2D eigenvalue weighted by atomic mass is 9.98. The Balaban J connectivity index is 2.16. The van der Waals surface area contributed by atoms with Gasteiger partial charge in [-0.2, -0.15) is 0 Å². The van der Waals surface area contributed by atoms with Gasteiger partial charge >= 0.3 is 6.03 Å². The Morgan fingerprint density at radius 2 is 1.96 bits per heavy atom. The van der Waals surface area contributed by atoms with Gasteiger partial charge in [0.2, 0.25) is 0 Å². The standard InChI is InChI=1S/C21H28N4O3/c1-14(2)20(24-27-5)16-10-11-19(15(3)12-16)28-13-17-8-6-7-9-18(17)23-21(26)25(4)22/h6-12,14H,13,22H2,1-5H3,(H,23,26). The number of nitrogens with one attached hydrogen (secondary N) is 1. The van der Waals surface area contributed by atoms with Gasteiger partial charge in [-0.1, -0.05) is 37.2 Å². The third-order valence-corrected chi connectivity index (χ3v) is 4.17. The minimum atomic E-state index is -0.397. The molecule has 28 heavy (non-hydrogen) atoms. The highest BCUT2D eigenvalue weighted by Crippen LogP contribution is 2.24. The van der Waals surface area contributed by atoms with Crippen molar-refractivity contribution >= 4 is 17.4 Å². The first-order valence-corrected chi connectivity index (χ1v) is 9.05. The molecule has 3 N–H and O–H groups in total. The van der Waals surface area contributed by atoms with Gasteiger partial charge in [-0.05, 0) is 42.7 Å². The van der Waals surface area contributed by atoms with Crippen LogP contribution in [0.15, 0.2) is 47.6 Å². The fourth-order valence-electron chi connectivity index (χ4n) is 2.69. The molecule has 2 amide bonds. The zero-order valence-electron chi connectivity index (χ0n) is 17.0. The number of hydrazine groups is 1. The summed E-state index contributed by atoms with van der Waals surface area (Å²) in [4.78, 5) is 16.8. The zero-order chi connectivity index (χ0) is 20.7. The van der Waals surface area contributed by atoms with Gasteiger partial charge in [0.05, 0.1) is 5.71 Å². The number of amides is 2. The van der Waals surface area contributed by atoms with Crippen molar-refractivity contribution in [2.45, 2.75) is 27.4 Å². The summed E-state index contributed by atoms with van der Waals surface area (Å²) >= 11 is 0. The monoisotopic (exact) mass is 384 g/mol. The van der Waals surface area contributed by atoms with Gasteiger partial charge in [0.1, 0.15) is 19.5 Å². The van der Waals surface area contributed by atoms with Gasteiger partial charge in [-0.15, -0.1) is 0 Å². The normalized spacial score (nSPS) is 11.3. The van der Waals surface area contributed by atoms with E-state index in [4.69, 9.17) is 15.4 Å². The molecule has 2 rings (SSSR count). The van der Waals surface area contributed by atoms with Gasteiger partial charge in [0.15, 0.2) is 0 Å². The van der Waals surface area contributed by atoms with Crippen LogP contribution >= 0.6 is 0 Å². The Hall–Kier alpha value is -3.06. The maximum atomic E-state index is 11.8. The van der Waals surface area contributed by atoms with Crippen LogP contribution in [0.5, 0.6) is 5.75 Å². The molecular formula is C21H28N4O3. The summed E-state index contributed by atoms with van der Waals surface area (Å²) in [6, 6.07) is 13.0. The Labute approximate surface area is 166 Å². The molecule has 7 heteroatoms. The van der Waals surface area contributed by atoms with Gasteiger partial charge in [-0.25, -0.2) is 10.6 Å². The van der Waals surface area contributed by atoms with Gasteiger partial charge in [0, 0.05) is 23.9 Å². The number of benzene rings is 2. The SMILES string of the molecule is CON=C(c1ccc(OCc2ccccc2NC(=O)N(C)N)c(C)c1)C(C)C. The topological polar surface area (TPSA) is 89.2 Å². The van der Waals surface area contributed by atoms with E-state index in [9.17, 15) is 4.79 Å². The van der Waals surface area contributed by atoms with E-state index in [1.165, 1.54) is 7.05 Å². The molecule has 0 fully saturated rings. The molecule has 0 unspecified atom stereocenters. The highest BCUT2D eigenvalue weighted by molar-refractivity contribution is 6.01. The Kier molecular flexibility index (Phi) is 7.40. The summed E-state index contributed by atoms with van der Waals surface area (Å²) in [5.41, 5.74) is 4.39. The van der Waals surface area contributed by atoms with Crippen LogP contribution in [-0.2, 0) is 11.4 Å². The summed E-state index contributed by atoms with van der Waals surface area (Å²) in [6.45, 7) is 6.44. The molecule has 0 aliphatic rings. The number of carbonyl (C=O) groups excluding carboxylic acids is 1. The van der Waals surface area contributed by atoms with Gasteiger partial charge in [0.25, 0.3) is 0 Å². The second kappa shape index (κ2) is 9.75. The van der Waals surface area contributed by atoms with Crippen LogP contribution in [0.1, 0.15) is 30.5 Å². The maximum Gasteiger partial charge on any atom is 0.335 e. The molecule has 0 radical (unpaired) electrons. The minimum Gasteiger partial charge on any atom is -0.489 e. The number of nitrogens with two attached hydrogens (primary N) is 1. The number of oxime groups is 1. The summed E-state index contributed by atoms with van der Waals surface area (Å²) < 4.78 is 5.99. The molecule has 0 atom stereocenters. The van der Waals surface area contributed by atoms with E-state index in [-0.39, 0.29) is 5.92 Å². The number of para-hydroxylation sites is 1. The van der Waals surface area contributed by atoms with Crippen LogP contribution in [0.25, 0.3) is 0 Å². The predicted molar refractivity (Wildman–Crippen MR) is 111 cm³/mol. The number of aryl methyl sites for hydroxylation is 1. The van der Waals surface area contributed by atoms with Crippen molar-refractivity contribution in [2.75, 3.05) is 19.5 Å². The van der Waals surface area contributed by atoms with Crippen LogP contribution in [-0.4, -0.2) is 30.9 Å². The van der Waals surface area contributed by atoms with E-state index in [0.29, 0.717) is 12.3 Å². The number of anilines is 1. The van der Waals surface area contributed by atoms with Gasteiger partial charge in [-0.3, -0.25) is 5.01 Å². The van der Waals surface area contributed by atoms with Crippen molar-refractivity contribution in [3.8, 4) is 5.75 Å². The van der Waals surface area contributed by atoms with Crippen LogP contribution in [0, 0.1) is 12.8 Å². The quantitative estimate of drug-likeness (QED) is 0.328. The Morgan fingerprint density at radius 1 is 1.25 bits per heavy atom. The molecule has 2 aromatic rings. The predicted octanol–water partition coefficient (Wildman–Crippen LogP) is 3.92. The molecule has 0 bridgehead atoms. The smallest absolute Gasteiger partial charge is 0.335 e. The number of rotatable bonds is 7. The van der Waals surface area contributed by atoms with Crippen molar-refractivity contribution in [3.05, 3.63) is 59.2 Å². The van der Waals surface area contributed by atoms with Crippen LogP contribution < -0.4 is 15.9 Å². The first-order chi connectivity index (χ1) is 13.3. The average Bonchev–Trinajstić information content (AvgIpc) is 2.65.